The number of hydrogen-bond acceptors (Lipinski definition) is 5. The highest BCUT2D eigenvalue weighted by Crippen LogP contribution is 2.13. The Balaban J connectivity index is 2.10. The average Bonchev–Trinajstić information content (AvgIpc) is 2.61. The van der Waals surface area contributed by atoms with Crippen LogP contribution >= 0.6 is 0 Å². The predicted octanol–water partition coefficient (Wildman–Crippen LogP) is 1.60. The van der Waals surface area contributed by atoms with Gasteiger partial charge in [-0.05, 0) is 29.8 Å². The largest absolute Gasteiger partial charge is 0.497 e. The minimum absolute atomic E-state index is 0.246. The number of benzene rings is 1. The summed E-state index contributed by atoms with van der Waals surface area (Å²) >= 11 is 0. The zero-order valence-corrected chi connectivity index (χ0v) is 13.0. The van der Waals surface area contributed by atoms with E-state index in [4.69, 9.17) is 9.47 Å². The molecule has 2 rings (SSSR count). The molecule has 0 aliphatic carbocycles. The van der Waals surface area contributed by atoms with Crippen molar-refractivity contribution < 1.29 is 19.1 Å². The summed E-state index contributed by atoms with van der Waals surface area (Å²) in [6, 6.07) is 11.5. The van der Waals surface area contributed by atoms with Gasteiger partial charge in [-0.2, -0.15) is 0 Å². The number of ether oxygens (including phenoxy) is 2. The van der Waals surface area contributed by atoms with Crippen molar-refractivity contribution in [3.8, 4) is 5.75 Å². The van der Waals surface area contributed by atoms with Gasteiger partial charge in [0.25, 0.3) is 5.91 Å². The molecule has 0 aliphatic heterocycles. The van der Waals surface area contributed by atoms with Crippen LogP contribution in [0, 0.1) is 0 Å². The highest BCUT2D eigenvalue weighted by atomic mass is 16.5. The second kappa shape index (κ2) is 7.93. The van der Waals surface area contributed by atoms with Crippen LogP contribution in [0.15, 0.2) is 48.7 Å². The monoisotopic (exact) mass is 314 g/mol. The zero-order valence-electron chi connectivity index (χ0n) is 13.0. The Kier molecular flexibility index (Phi) is 5.68. The van der Waals surface area contributed by atoms with Gasteiger partial charge in [-0.25, -0.2) is 4.79 Å². The zero-order chi connectivity index (χ0) is 16.7. The minimum atomic E-state index is -0.789. The van der Waals surface area contributed by atoms with Crippen molar-refractivity contribution in [3.63, 3.8) is 0 Å². The molecule has 1 heterocycles. The highest BCUT2D eigenvalue weighted by molar-refractivity contribution is 5.95. The Morgan fingerprint density at radius 2 is 1.87 bits per heavy atom. The van der Waals surface area contributed by atoms with Crippen molar-refractivity contribution in [3.05, 3.63) is 59.9 Å². The van der Waals surface area contributed by atoms with Gasteiger partial charge >= 0.3 is 5.97 Å². The SMILES string of the molecule is COC(=O)[C@H](Cc1ccc(OC)cc1)NC(=O)c1ccccn1. The Hall–Kier alpha value is -2.89. The molecule has 6 heteroatoms. The van der Waals surface area contributed by atoms with Gasteiger partial charge in [0.2, 0.25) is 0 Å². The van der Waals surface area contributed by atoms with E-state index in [-0.39, 0.29) is 5.69 Å². The summed E-state index contributed by atoms with van der Waals surface area (Å²) in [7, 11) is 2.87. The first-order valence-corrected chi connectivity index (χ1v) is 7.06. The van der Waals surface area contributed by atoms with E-state index in [1.54, 1.807) is 37.4 Å². The third kappa shape index (κ3) is 4.54. The fourth-order valence-corrected chi connectivity index (χ4v) is 2.06. The van der Waals surface area contributed by atoms with Crippen molar-refractivity contribution in [1.29, 1.82) is 0 Å². The van der Waals surface area contributed by atoms with E-state index >= 15 is 0 Å². The Morgan fingerprint density at radius 1 is 1.13 bits per heavy atom. The first-order valence-electron chi connectivity index (χ1n) is 7.06. The Bertz CT molecular complexity index is 656. The molecule has 1 atom stereocenters. The molecule has 6 nitrogen and oxygen atoms in total. The molecule has 2 aromatic rings. The van der Waals surface area contributed by atoms with E-state index < -0.39 is 17.9 Å². The third-order valence-corrected chi connectivity index (χ3v) is 3.29. The fourth-order valence-electron chi connectivity index (χ4n) is 2.06. The van der Waals surface area contributed by atoms with Crippen molar-refractivity contribution in [1.82, 2.24) is 10.3 Å². The van der Waals surface area contributed by atoms with Gasteiger partial charge in [0.15, 0.2) is 0 Å². The van der Waals surface area contributed by atoms with Gasteiger partial charge in [0.05, 0.1) is 14.2 Å². The number of pyridine rings is 1. The van der Waals surface area contributed by atoms with Crippen LogP contribution in [0.25, 0.3) is 0 Å². The van der Waals surface area contributed by atoms with Gasteiger partial charge in [-0.3, -0.25) is 9.78 Å². The third-order valence-electron chi connectivity index (χ3n) is 3.29. The van der Waals surface area contributed by atoms with Crippen LogP contribution in [0.2, 0.25) is 0 Å². The summed E-state index contributed by atoms with van der Waals surface area (Å²) in [5.41, 5.74) is 1.12. The van der Waals surface area contributed by atoms with Gasteiger partial charge in [0.1, 0.15) is 17.5 Å². The number of carbonyl (C=O) groups is 2. The molecule has 1 aromatic carbocycles. The first kappa shape index (κ1) is 16.5. The van der Waals surface area contributed by atoms with Crippen LogP contribution in [-0.2, 0) is 16.0 Å². The summed E-state index contributed by atoms with van der Waals surface area (Å²) in [4.78, 5) is 28.1. The highest BCUT2D eigenvalue weighted by Gasteiger charge is 2.23. The smallest absolute Gasteiger partial charge is 0.328 e. The number of carbonyl (C=O) groups excluding carboxylic acids is 2. The lowest BCUT2D eigenvalue weighted by atomic mass is 10.1. The number of rotatable bonds is 6. The normalized spacial score (nSPS) is 11.4. The topological polar surface area (TPSA) is 77.5 Å². The second-order valence-corrected chi connectivity index (χ2v) is 4.82. The minimum Gasteiger partial charge on any atom is -0.497 e. The molecule has 120 valence electrons. The lowest BCUT2D eigenvalue weighted by Gasteiger charge is -2.16. The van der Waals surface area contributed by atoms with Crippen molar-refractivity contribution in [2.45, 2.75) is 12.5 Å². The number of amides is 1. The number of hydrogen-bond donors (Lipinski definition) is 1. The summed E-state index contributed by atoms with van der Waals surface area (Å²) in [6.45, 7) is 0. The van der Waals surface area contributed by atoms with E-state index in [2.05, 4.69) is 10.3 Å². The molecule has 0 spiro atoms. The van der Waals surface area contributed by atoms with E-state index in [0.29, 0.717) is 6.42 Å². The molecule has 0 aliphatic rings. The maximum absolute atomic E-state index is 12.2. The standard InChI is InChI=1S/C17H18N2O4/c1-22-13-8-6-12(7-9-13)11-15(17(21)23-2)19-16(20)14-5-3-4-10-18-14/h3-10,15H,11H2,1-2H3,(H,19,20)/t15-/m0/s1. The van der Waals surface area contributed by atoms with Gasteiger partial charge in [0, 0.05) is 12.6 Å². The Morgan fingerprint density at radius 3 is 2.43 bits per heavy atom. The van der Waals surface area contributed by atoms with Crippen molar-refractivity contribution >= 4 is 11.9 Å². The second-order valence-electron chi connectivity index (χ2n) is 4.82. The number of aromatic nitrogens is 1. The molecule has 1 amide bonds. The van der Waals surface area contributed by atoms with Crippen LogP contribution in [0.5, 0.6) is 5.75 Å². The predicted molar refractivity (Wildman–Crippen MR) is 84.2 cm³/mol. The number of nitrogens with one attached hydrogen (secondary N) is 1. The van der Waals surface area contributed by atoms with E-state index in [9.17, 15) is 9.59 Å². The number of esters is 1. The number of nitrogens with zero attached hydrogens (tertiary/aromatic N) is 1. The quantitative estimate of drug-likeness (QED) is 0.820. The first-order chi connectivity index (χ1) is 11.1. The maximum atomic E-state index is 12.2. The van der Waals surface area contributed by atoms with Crippen LogP contribution in [0.4, 0.5) is 0 Å². The fraction of sp³-hybridized carbons (Fsp3) is 0.235. The van der Waals surface area contributed by atoms with Crippen LogP contribution < -0.4 is 10.1 Å². The molecule has 0 saturated heterocycles. The maximum Gasteiger partial charge on any atom is 0.328 e. The summed E-state index contributed by atoms with van der Waals surface area (Å²) < 4.78 is 9.86. The van der Waals surface area contributed by atoms with E-state index in [0.717, 1.165) is 11.3 Å². The molecule has 0 fully saturated rings. The van der Waals surface area contributed by atoms with Crippen LogP contribution in [0.1, 0.15) is 16.1 Å². The summed E-state index contributed by atoms with van der Waals surface area (Å²) in [5.74, 6) is -0.208. The van der Waals surface area contributed by atoms with Crippen LogP contribution in [-0.4, -0.2) is 37.1 Å². The summed E-state index contributed by atoms with van der Waals surface area (Å²) in [5, 5.41) is 2.65. The van der Waals surface area contributed by atoms with Gasteiger partial charge < -0.3 is 14.8 Å². The lowest BCUT2D eigenvalue weighted by Crippen LogP contribution is -2.43. The lowest BCUT2D eigenvalue weighted by molar-refractivity contribution is -0.142. The molecule has 1 N–H and O–H groups in total. The molecular weight excluding hydrogens is 296 g/mol. The Labute approximate surface area is 134 Å². The summed E-state index contributed by atoms with van der Waals surface area (Å²) in [6.07, 6.45) is 1.83. The molecule has 0 radical (unpaired) electrons. The molecule has 23 heavy (non-hydrogen) atoms. The molecule has 0 saturated carbocycles. The van der Waals surface area contributed by atoms with E-state index in [1.165, 1.54) is 13.3 Å². The molecule has 0 unspecified atom stereocenters. The van der Waals surface area contributed by atoms with Crippen LogP contribution in [0.3, 0.4) is 0 Å². The number of methoxy groups -OCH3 is 2. The van der Waals surface area contributed by atoms with Gasteiger partial charge in [-0.15, -0.1) is 0 Å². The van der Waals surface area contributed by atoms with Gasteiger partial charge in [-0.1, -0.05) is 18.2 Å². The van der Waals surface area contributed by atoms with Crippen molar-refractivity contribution in [2.24, 2.45) is 0 Å². The molecule has 1 aromatic heterocycles. The van der Waals surface area contributed by atoms with E-state index in [1.807, 2.05) is 12.1 Å². The van der Waals surface area contributed by atoms with Crippen molar-refractivity contribution in [2.75, 3.05) is 14.2 Å². The average molecular weight is 314 g/mol. The molecule has 0 bridgehead atoms. The molecular formula is C17H18N2O4.